The molecule has 0 unspecified atom stereocenters. The van der Waals surface area contributed by atoms with Crippen molar-refractivity contribution in [3.05, 3.63) is 53.6 Å². The van der Waals surface area contributed by atoms with Gasteiger partial charge in [-0.15, -0.1) is 0 Å². The summed E-state index contributed by atoms with van der Waals surface area (Å²) in [7, 11) is 0. The molecule has 0 saturated heterocycles. The Bertz CT molecular complexity index is 597. The number of nitrogens with one attached hydrogen (secondary N) is 1. The lowest BCUT2D eigenvalue weighted by Gasteiger charge is -2.11. The van der Waals surface area contributed by atoms with Crippen molar-refractivity contribution in [2.75, 3.05) is 11.1 Å². The van der Waals surface area contributed by atoms with Crippen LogP contribution in [0.1, 0.15) is 5.56 Å². The van der Waals surface area contributed by atoms with Crippen molar-refractivity contribution in [2.24, 2.45) is 0 Å². The number of benzene rings is 2. The van der Waals surface area contributed by atoms with E-state index in [2.05, 4.69) is 5.32 Å². The fourth-order valence-corrected chi connectivity index (χ4v) is 1.60. The summed E-state index contributed by atoms with van der Waals surface area (Å²) >= 11 is 0. The van der Waals surface area contributed by atoms with Crippen molar-refractivity contribution in [1.29, 1.82) is 0 Å². The minimum Gasteiger partial charge on any atom is -0.399 e. The monoisotopic (exact) mass is 288 g/mol. The smallest absolute Gasteiger partial charge is 0.399 e. The van der Waals surface area contributed by atoms with Gasteiger partial charge in [0.15, 0.2) is 11.6 Å². The molecule has 0 amide bonds. The maximum absolute atomic E-state index is 13.5. The van der Waals surface area contributed by atoms with E-state index in [9.17, 15) is 22.0 Å². The fourth-order valence-electron chi connectivity index (χ4n) is 1.60. The second-order valence-electron chi connectivity index (χ2n) is 4.06. The van der Waals surface area contributed by atoms with Crippen molar-refractivity contribution in [2.45, 2.75) is 6.18 Å². The fraction of sp³-hybridized carbons (Fsp3) is 0.0769. The third kappa shape index (κ3) is 2.98. The average molecular weight is 288 g/mol. The van der Waals surface area contributed by atoms with Crippen LogP contribution in [0.2, 0.25) is 0 Å². The molecule has 106 valence electrons. The van der Waals surface area contributed by atoms with Gasteiger partial charge < -0.3 is 11.1 Å². The van der Waals surface area contributed by atoms with Gasteiger partial charge in [0, 0.05) is 11.4 Å². The second kappa shape index (κ2) is 4.99. The number of nitrogens with two attached hydrogens (primary N) is 1. The van der Waals surface area contributed by atoms with Gasteiger partial charge in [0.2, 0.25) is 0 Å². The zero-order chi connectivity index (χ0) is 14.9. The Kier molecular flexibility index (Phi) is 3.52. The van der Waals surface area contributed by atoms with Crippen LogP contribution in [-0.4, -0.2) is 0 Å². The summed E-state index contributed by atoms with van der Waals surface area (Å²) in [6.45, 7) is 0. The molecular weight excluding hydrogens is 279 g/mol. The maximum Gasteiger partial charge on any atom is 0.416 e. The first kappa shape index (κ1) is 14.1. The molecule has 0 fully saturated rings. The molecule has 7 heteroatoms. The van der Waals surface area contributed by atoms with Gasteiger partial charge in [0.1, 0.15) is 5.69 Å². The molecule has 2 aromatic carbocycles. The molecule has 3 N–H and O–H groups in total. The van der Waals surface area contributed by atoms with Crippen molar-refractivity contribution in [1.82, 2.24) is 0 Å². The van der Waals surface area contributed by atoms with Gasteiger partial charge in [-0.3, -0.25) is 0 Å². The molecule has 0 atom stereocenters. The number of alkyl halides is 3. The normalized spacial score (nSPS) is 11.4. The lowest BCUT2D eigenvalue weighted by atomic mass is 10.2. The summed E-state index contributed by atoms with van der Waals surface area (Å²) in [5, 5.41) is 2.37. The van der Waals surface area contributed by atoms with Crippen LogP contribution in [0.4, 0.5) is 39.0 Å². The van der Waals surface area contributed by atoms with Gasteiger partial charge in [-0.2, -0.15) is 13.2 Å². The highest BCUT2D eigenvalue weighted by molar-refractivity contribution is 5.63. The largest absolute Gasteiger partial charge is 0.416 e. The summed E-state index contributed by atoms with van der Waals surface area (Å²) in [6, 6.07) is 5.62. The highest BCUT2D eigenvalue weighted by atomic mass is 19.4. The molecule has 0 aliphatic carbocycles. The van der Waals surface area contributed by atoms with E-state index in [0.29, 0.717) is 0 Å². The molecule has 2 aromatic rings. The van der Waals surface area contributed by atoms with Crippen molar-refractivity contribution in [3.8, 4) is 0 Å². The molecule has 0 aliphatic rings. The predicted molar refractivity (Wildman–Crippen MR) is 65.5 cm³/mol. The van der Waals surface area contributed by atoms with Crippen LogP contribution in [0.25, 0.3) is 0 Å². The Balaban J connectivity index is 2.27. The number of anilines is 3. The molecule has 0 saturated carbocycles. The van der Waals surface area contributed by atoms with Gasteiger partial charge in [-0.25, -0.2) is 8.78 Å². The van der Waals surface area contributed by atoms with Crippen LogP contribution in [0.15, 0.2) is 36.4 Å². The quantitative estimate of drug-likeness (QED) is 0.638. The van der Waals surface area contributed by atoms with E-state index in [0.717, 1.165) is 36.4 Å². The standard InChI is InChI=1S/C13H9F5N2/c14-10-5-8(19)6-11(15)12(10)20-9-3-1-7(2-4-9)13(16,17)18/h1-6,20H,19H2. The van der Waals surface area contributed by atoms with Gasteiger partial charge in [-0.1, -0.05) is 0 Å². The minimum absolute atomic E-state index is 0.0852. The van der Waals surface area contributed by atoms with Gasteiger partial charge in [-0.05, 0) is 36.4 Å². The molecule has 0 heterocycles. The van der Waals surface area contributed by atoms with E-state index < -0.39 is 29.1 Å². The molecule has 20 heavy (non-hydrogen) atoms. The van der Waals surface area contributed by atoms with Crippen LogP contribution >= 0.6 is 0 Å². The molecule has 2 nitrogen and oxygen atoms in total. The first-order chi connectivity index (χ1) is 9.27. The first-order valence-corrected chi connectivity index (χ1v) is 5.46. The zero-order valence-electron chi connectivity index (χ0n) is 9.93. The van der Waals surface area contributed by atoms with Crippen LogP contribution in [-0.2, 0) is 6.18 Å². The number of hydrogen-bond donors (Lipinski definition) is 2. The third-order valence-corrected chi connectivity index (χ3v) is 2.55. The molecule has 0 aromatic heterocycles. The number of rotatable bonds is 2. The van der Waals surface area contributed by atoms with Crippen LogP contribution in [0, 0.1) is 11.6 Å². The maximum atomic E-state index is 13.5. The highest BCUT2D eigenvalue weighted by Gasteiger charge is 2.29. The number of hydrogen-bond acceptors (Lipinski definition) is 2. The van der Waals surface area contributed by atoms with Gasteiger partial charge in [0.05, 0.1) is 5.56 Å². The molecule has 0 radical (unpaired) electrons. The SMILES string of the molecule is Nc1cc(F)c(Nc2ccc(C(F)(F)F)cc2)c(F)c1. The molecule has 0 aliphatic heterocycles. The van der Waals surface area contributed by atoms with E-state index in [1.807, 2.05) is 0 Å². The Hall–Kier alpha value is -2.31. The second-order valence-corrected chi connectivity index (χ2v) is 4.06. The van der Waals surface area contributed by atoms with Crippen LogP contribution < -0.4 is 11.1 Å². The highest BCUT2D eigenvalue weighted by Crippen LogP contribution is 2.31. The van der Waals surface area contributed by atoms with Crippen molar-refractivity contribution in [3.63, 3.8) is 0 Å². The predicted octanol–water partition coefficient (Wildman–Crippen LogP) is 4.31. The summed E-state index contributed by atoms with van der Waals surface area (Å²) < 4.78 is 64.1. The lowest BCUT2D eigenvalue weighted by Crippen LogP contribution is -2.05. The summed E-state index contributed by atoms with van der Waals surface area (Å²) in [5.74, 6) is -1.86. The Morgan fingerprint density at radius 1 is 0.900 bits per heavy atom. The van der Waals surface area contributed by atoms with Crippen LogP contribution in [0.5, 0.6) is 0 Å². The van der Waals surface area contributed by atoms with Gasteiger partial charge >= 0.3 is 6.18 Å². The van der Waals surface area contributed by atoms with E-state index >= 15 is 0 Å². The van der Waals surface area contributed by atoms with E-state index in [4.69, 9.17) is 5.73 Å². The third-order valence-electron chi connectivity index (χ3n) is 2.55. The van der Waals surface area contributed by atoms with E-state index in [-0.39, 0.29) is 11.4 Å². The Morgan fingerprint density at radius 3 is 1.85 bits per heavy atom. The van der Waals surface area contributed by atoms with E-state index in [1.165, 1.54) is 0 Å². The molecule has 0 bridgehead atoms. The zero-order valence-corrected chi connectivity index (χ0v) is 9.93. The first-order valence-electron chi connectivity index (χ1n) is 5.46. The number of nitrogen functional groups attached to an aromatic ring is 1. The Labute approximate surface area is 111 Å². The Morgan fingerprint density at radius 2 is 1.40 bits per heavy atom. The topological polar surface area (TPSA) is 38.0 Å². The average Bonchev–Trinajstić information content (AvgIpc) is 2.33. The molecule has 2 rings (SSSR count). The lowest BCUT2D eigenvalue weighted by molar-refractivity contribution is -0.137. The van der Waals surface area contributed by atoms with Crippen molar-refractivity contribution < 1.29 is 22.0 Å². The summed E-state index contributed by atoms with van der Waals surface area (Å²) in [6.07, 6.45) is -4.46. The summed E-state index contributed by atoms with van der Waals surface area (Å²) in [5.41, 5.74) is 3.98. The van der Waals surface area contributed by atoms with Crippen molar-refractivity contribution >= 4 is 17.1 Å². The van der Waals surface area contributed by atoms with E-state index in [1.54, 1.807) is 0 Å². The molecule has 0 spiro atoms. The number of halogens is 5. The molecular formula is C13H9F5N2. The van der Waals surface area contributed by atoms with Gasteiger partial charge in [0.25, 0.3) is 0 Å². The van der Waals surface area contributed by atoms with Crippen LogP contribution in [0.3, 0.4) is 0 Å². The summed E-state index contributed by atoms with van der Waals surface area (Å²) in [4.78, 5) is 0. The minimum atomic E-state index is -4.46.